The van der Waals surface area contributed by atoms with E-state index in [1.807, 2.05) is 18.7 Å². The minimum atomic E-state index is -0.280. The molecule has 1 atom stereocenters. The van der Waals surface area contributed by atoms with Gasteiger partial charge in [0.2, 0.25) is 5.91 Å². The molecule has 2 rings (SSSR count). The van der Waals surface area contributed by atoms with E-state index in [2.05, 4.69) is 12.2 Å². The second-order valence-corrected chi connectivity index (χ2v) is 7.34. The average molecular weight is 367 g/mol. The van der Waals surface area contributed by atoms with Gasteiger partial charge in [-0.25, -0.2) is 0 Å². The maximum Gasteiger partial charge on any atom is 0.255 e. The highest BCUT2D eigenvalue weighted by molar-refractivity contribution is 6.31. The van der Waals surface area contributed by atoms with Gasteiger partial charge >= 0.3 is 0 Å². The SMILES string of the molecule is CC1CCCN(C(=O)CCNC(=O)c2cc(Cl)ccc2OC(C)C)C1. The lowest BCUT2D eigenvalue weighted by atomic mass is 10.00. The van der Waals surface area contributed by atoms with Gasteiger partial charge in [0, 0.05) is 31.1 Å². The molecule has 0 spiro atoms. The summed E-state index contributed by atoms with van der Waals surface area (Å²) in [6.07, 6.45) is 2.49. The first kappa shape index (κ1) is 19.6. The van der Waals surface area contributed by atoms with E-state index in [9.17, 15) is 9.59 Å². The number of halogens is 1. The van der Waals surface area contributed by atoms with E-state index in [1.54, 1.807) is 18.2 Å². The van der Waals surface area contributed by atoms with Crippen molar-refractivity contribution in [3.63, 3.8) is 0 Å². The van der Waals surface area contributed by atoms with Gasteiger partial charge in [0.1, 0.15) is 5.75 Å². The Morgan fingerprint density at radius 2 is 2.16 bits per heavy atom. The second kappa shape index (κ2) is 9.09. The molecule has 0 bridgehead atoms. The monoisotopic (exact) mass is 366 g/mol. The zero-order valence-corrected chi connectivity index (χ0v) is 15.9. The largest absolute Gasteiger partial charge is 0.490 e. The van der Waals surface area contributed by atoms with Crippen LogP contribution in [0.4, 0.5) is 0 Å². The molecule has 25 heavy (non-hydrogen) atoms. The molecule has 1 aromatic rings. The van der Waals surface area contributed by atoms with Gasteiger partial charge in [-0.2, -0.15) is 0 Å². The van der Waals surface area contributed by atoms with Crippen LogP contribution in [0.3, 0.4) is 0 Å². The van der Waals surface area contributed by atoms with Crippen molar-refractivity contribution in [2.75, 3.05) is 19.6 Å². The van der Waals surface area contributed by atoms with Crippen LogP contribution in [0, 0.1) is 5.92 Å². The highest BCUT2D eigenvalue weighted by Gasteiger charge is 2.21. The summed E-state index contributed by atoms with van der Waals surface area (Å²) in [6.45, 7) is 7.89. The predicted molar refractivity (Wildman–Crippen MR) is 99.1 cm³/mol. The summed E-state index contributed by atoms with van der Waals surface area (Å²) >= 11 is 6.00. The van der Waals surface area contributed by atoms with Crippen LogP contribution in [0.2, 0.25) is 5.02 Å². The molecule has 5 nitrogen and oxygen atoms in total. The fourth-order valence-corrected chi connectivity index (χ4v) is 3.16. The first-order valence-corrected chi connectivity index (χ1v) is 9.26. The summed E-state index contributed by atoms with van der Waals surface area (Å²) in [5, 5.41) is 3.27. The van der Waals surface area contributed by atoms with Crippen molar-refractivity contribution >= 4 is 23.4 Å². The Hall–Kier alpha value is -1.75. The summed E-state index contributed by atoms with van der Waals surface area (Å²) in [5.74, 6) is 0.858. The van der Waals surface area contributed by atoms with E-state index in [4.69, 9.17) is 16.3 Å². The average Bonchev–Trinajstić information content (AvgIpc) is 2.55. The Bertz CT molecular complexity index is 619. The first-order valence-electron chi connectivity index (χ1n) is 8.89. The summed E-state index contributed by atoms with van der Waals surface area (Å²) in [6, 6.07) is 4.97. The molecule has 1 unspecified atom stereocenters. The third-order valence-corrected chi connectivity index (χ3v) is 4.42. The molecule has 1 aliphatic heterocycles. The van der Waals surface area contributed by atoms with Crippen LogP contribution in [0.25, 0.3) is 0 Å². The summed E-state index contributed by atoms with van der Waals surface area (Å²) in [7, 11) is 0. The number of hydrogen-bond donors (Lipinski definition) is 1. The first-order chi connectivity index (χ1) is 11.9. The molecule has 0 radical (unpaired) electrons. The van der Waals surface area contributed by atoms with E-state index >= 15 is 0 Å². The molecule has 138 valence electrons. The van der Waals surface area contributed by atoms with Crippen LogP contribution in [-0.2, 0) is 4.79 Å². The van der Waals surface area contributed by atoms with Gasteiger partial charge in [0.05, 0.1) is 11.7 Å². The minimum Gasteiger partial charge on any atom is -0.490 e. The molecule has 1 fully saturated rings. The molecular formula is C19H27ClN2O3. The van der Waals surface area contributed by atoms with E-state index in [1.165, 1.54) is 6.42 Å². The molecule has 0 aromatic heterocycles. The molecular weight excluding hydrogens is 340 g/mol. The number of benzene rings is 1. The molecule has 2 amide bonds. The van der Waals surface area contributed by atoms with Crippen LogP contribution in [0.5, 0.6) is 5.75 Å². The third-order valence-electron chi connectivity index (χ3n) is 4.18. The Kier molecular flexibility index (Phi) is 7.12. The Morgan fingerprint density at radius 1 is 1.40 bits per heavy atom. The van der Waals surface area contributed by atoms with Crippen molar-refractivity contribution in [2.24, 2.45) is 5.92 Å². The number of amides is 2. The van der Waals surface area contributed by atoms with Gasteiger partial charge in [-0.15, -0.1) is 0 Å². The predicted octanol–water partition coefficient (Wildman–Crippen LogP) is 3.51. The van der Waals surface area contributed by atoms with Gasteiger partial charge in [-0.3, -0.25) is 9.59 Å². The number of hydrogen-bond acceptors (Lipinski definition) is 3. The van der Waals surface area contributed by atoms with Crippen molar-refractivity contribution in [1.29, 1.82) is 0 Å². The number of piperidine rings is 1. The molecule has 1 N–H and O–H groups in total. The van der Waals surface area contributed by atoms with E-state index in [-0.39, 0.29) is 17.9 Å². The van der Waals surface area contributed by atoms with E-state index < -0.39 is 0 Å². The smallest absolute Gasteiger partial charge is 0.255 e. The number of carbonyl (C=O) groups is 2. The standard InChI is InChI=1S/C19H27ClN2O3/c1-13(2)25-17-7-6-15(20)11-16(17)19(24)21-9-8-18(23)22-10-4-5-14(3)12-22/h6-7,11,13-14H,4-5,8-10,12H2,1-3H3,(H,21,24). The zero-order chi connectivity index (χ0) is 18.4. The zero-order valence-electron chi connectivity index (χ0n) is 15.2. The van der Waals surface area contributed by atoms with Crippen LogP contribution >= 0.6 is 11.6 Å². The fraction of sp³-hybridized carbons (Fsp3) is 0.579. The molecule has 6 heteroatoms. The second-order valence-electron chi connectivity index (χ2n) is 6.90. The highest BCUT2D eigenvalue weighted by atomic mass is 35.5. The normalized spacial score (nSPS) is 17.5. The van der Waals surface area contributed by atoms with Crippen LogP contribution in [-0.4, -0.2) is 42.5 Å². The van der Waals surface area contributed by atoms with Crippen molar-refractivity contribution in [3.8, 4) is 5.75 Å². The van der Waals surface area contributed by atoms with Crippen LogP contribution in [0.1, 0.15) is 50.4 Å². The van der Waals surface area contributed by atoms with Crippen molar-refractivity contribution < 1.29 is 14.3 Å². The quantitative estimate of drug-likeness (QED) is 0.838. The number of likely N-dealkylation sites (tertiary alicyclic amines) is 1. The molecule has 1 saturated heterocycles. The third kappa shape index (κ3) is 5.92. The van der Waals surface area contributed by atoms with Gasteiger partial charge < -0.3 is 15.0 Å². The topological polar surface area (TPSA) is 58.6 Å². The van der Waals surface area contributed by atoms with Crippen molar-refractivity contribution in [2.45, 2.75) is 46.1 Å². The minimum absolute atomic E-state index is 0.0459. The molecule has 1 heterocycles. The number of rotatable bonds is 6. The maximum atomic E-state index is 12.4. The molecule has 0 aliphatic carbocycles. The van der Waals surface area contributed by atoms with Gasteiger partial charge in [0.15, 0.2) is 0 Å². The van der Waals surface area contributed by atoms with Crippen molar-refractivity contribution in [1.82, 2.24) is 10.2 Å². The number of carbonyl (C=O) groups excluding carboxylic acids is 2. The van der Waals surface area contributed by atoms with Gasteiger partial charge in [-0.1, -0.05) is 18.5 Å². The fourth-order valence-electron chi connectivity index (χ4n) is 2.99. The summed E-state index contributed by atoms with van der Waals surface area (Å²) < 4.78 is 5.66. The number of ether oxygens (including phenoxy) is 1. The summed E-state index contributed by atoms with van der Waals surface area (Å²) in [5.41, 5.74) is 0.389. The number of nitrogens with zero attached hydrogens (tertiary/aromatic N) is 1. The van der Waals surface area contributed by atoms with Crippen molar-refractivity contribution in [3.05, 3.63) is 28.8 Å². The molecule has 1 aliphatic rings. The van der Waals surface area contributed by atoms with E-state index in [0.717, 1.165) is 19.5 Å². The lowest BCUT2D eigenvalue weighted by Crippen LogP contribution is -2.40. The lowest BCUT2D eigenvalue weighted by Gasteiger charge is -2.31. The Balaban J connectivity index is 1.89. The highest BCUT2D eigenvalue weighted by Crippen LogP contribution is 2.24. The van der Waals surface area contributed by atoms with Gasteiger partial charge in [0.25, 0.3) is 5.91 Å². The van der Waals surface area contributed by atoms with Crippen LogP contribution in [0.15, 0.2) is 18.2 Å². The maximum absolute atomic E-state index is 12.4. The Morgan fingerprint density at radius 3 is 2.84 bits per heavy atom. The summed E-state index contributed by atoms with van der Waals surface area (Å²) in [4.78, 5) is 26.6. The Labute approximate surface area is 154 Å². The van der Waals surface area contributed by atoms with Gasteiger partial charge in [-0.05, 0) is 50.8 Å². The van der Waals surface area contributed by atoms with E-state index in [0.29, 0.717) is 35.2 Å². The molecule has 1 aromatic carbocycles. The van der Waals surface area contributed by atoms with Crippen LogP contribution < -0.4 is 10.1 Å². The molecule has 0 saturated carbocycles. The lowest BCUT2D eigenvalue weighted by molar-refractivity contribution is -0.132. The number of nitrogens with one attached hydrogen (secondary N) is 1.